The highest BCUT2D eigenvalue weighted by Gasteiger charge is 2.30. The van der Waals surface area contributed by atoms with Gasteiger partial charge in [-0.2, -0.15) is 8.78 Å². The average molecular weight is 424 g/mol. The number of amides is 1. The van der Waals surface area contributed by atoms with Gasteiger partial charge >= 0.3 is 6.55 Å². The number of alkyl halides is 2. The minimum atomic E-state index is -2.67. The molecule has 0 unspecified atom stereocenters. The van der Waals surface area contributed by atoms with E-state index in [9.17, 15) is 13.6 Å². The minimum absolute atomic E-state index is 0.0977. The largest absolute Gasteiger partial charge is 0.371 e. The van der Waals surface area contributed by atoms with E-state index in [1.165, 1.54) is 0 Å². The molecule has 2 aliphatic rings. The Kier molecular flexibility index (Phi) is 5.34. The number of para-hydroxylation sites is 2. The van der Waals surface area contributed by atoms with Gasteiger partial charge in [-0.05, 0) is 49.9 Å². The van der Waals surface area contributed by atoms with Gasteiger partial charge in [0, 0.05) is 43.3 Å². The molecule has 162 valence electrons. The van der Waals surface area contributed by atoms with Crippen LogP contribution in [0.3, 0.4) is 0 Å². The average Bonchev–Trinajstić information content (AvgIpc) is 3.47. The van der Waals surface area contributed by atoms with Crippen molar-refractivity contribution in [3.05, 3.63) is 48.5 Å². The number of nitrogens with zero attached hydrogens (tertiary/aromatic N) is 4. The summed E-state index contributed by atoms with van der Waals surface area (Å²) in [5.74, 6) is 0.675. The third-order valence-corrected chi connectivity index (χ3v) is 6.52. The molecular formula is C24H26F2N4O. The first-order chi connectivity index (χ1) is 15.1. The highest BCUT2D eigenvalue weighted by molar-refractivity contribution is 5.81. The number of rotatable bonds is 4. The molecule has 7 heteroatoms. The number of hydrogen-bond acceptors (Lipinski definition) is 3. The van der Waals surface area contributed by atoms with Crippen LogP contribution in [0.25, 0.3) is 22.4 Å². The first-order valence-corrected chi connectivity index (χ1v) is 11.0. The Bertz CT molecular complexity index is 1080. The maximum atomic E-state index is 13.9. The Morgan fingerprint density at radius 2 is 1.71 bits per heavy atom. The first-order valence-electron chi connectivity index (χ1n) is 11.0. The topological polar surface area (TPSA) is 41.4 Å². The molecule has 1 aromatic heterocycles. The fourth-order valence-electron chi connectivity index (χ4n) is 4.87. The minimum Gasteiger partial charge on any atom is -0.371 e. The zero-order valence-corrected chi connectivity index (χ0v) is 17.4. The number of fused-ring (bicyclic) bond motifs is 1. The van der Waals surface area contributed by atoms with E-state index in [-0.39, 0.29) is 11.7 Å². The molecule has 0 aliphatic carbocycles. The molecular weight excluding hydrogens is 398 g/mol. The number of piperidine rings is 1. The summed E-state index contributed by atoms with van der Waals surface area (Å²) < 4.78 is 28.7. The number of halogens is 2. The molecule has 5 rings (SSSR count). The number of likely N-dealkylation sites (tertiary alicyclic amines) is 1. The van der Waals surface area contributed by atoms with Gasteiger partial charge in [0.2, 0.25) is 5.91 Å². The van der Waals surface area contributed by atoms with Gasteiger partial charge in [0.15, 0.2) is 0 Å². The summed E-state index contributed by atoms with van der Waals surface area (Å²) in [6.07, 6.45) is 3.88. The van der Waals surface area contributed by atoms with Crippen molar-refractivity contribution in [2.45, 2.75) is 32.2 Å². The van der Waals surface area contributed by atoms with E-state index in [0.717, 1.165) is 62.1 Å². The predicted molar refractivity (Wildman–Crippen MR) is 117 cm³/mol. The fourth-order valence-corrected chi connectivity index (χ4v) is 4.87. The van der Waals surface area contributed by atoms with Gasteiger partial charge in [-0.25, -0.2) is 4.98 Å². The normalized spacial score (nSPS) is 17.8. The van der Waals surface area contributed by atoms with Gasteiger partial charge in [-0.1, -0.05) is 24.3 Å². The van der Waals surface area contributed by atoms with Crippen LogP contribution in [0, 0.1) is 5.92 Å². The second-order valence-electron chi connectivity index (χ2n) is 8.42. The molecule has 3 heterocycles. The number of anilines is 1. The standard InChI is InChI=1S/C24H26F2N4O/c25-24(26)30-21-9-2-1-8-20(21)27-22(30)18-6-5-7-19(16-18)28-14-10-17(11-15-28)23(31)29-12-3-4-13-29/h1-2,5-9,16-17,24H,3-4,10-15H2. The van der Waals surface area contributed by atoms with Crippen LogP contribution >= 0.6 is 0 Å². The molecule has 2 fully saturated rings. The van der Waals surface area contributed by atoms with Crippen LogP contribution in [0.1, 0.15) is 32.2 Å². The number of benzene rings is 2. The molecule has 0 spiro atoms. The van der Waals surface area contributed by atoms with Crippen molar-refractivity contribution >= 4 is 22.6 Å². The summed E-state index contributed by atoms with van der Waals surface area (Å²) in [6.45, 7) is 0.703. The monoisotopic (exact) mass is 424 g/mol. The molecule has 31 heavy (non-hydrogen) atoms. The van der Waals surface area contributed by atoms with E-state index in [4.69, 9.17) is 0 Å². The van der Waals surface area contributed by atoms with E-state index in [1.54, 1.807) is 24.3 Å². The molecule has 0 bridgehead atoms. The molecule has 0 radical (unpaired) electrons. The molecule has 0 atom stereocenters. The van der Waals surface area contributed by atoms with E-state index >= 15 is 0 Å². The summed E-state index contributed by atoms with van der Waals surface area (Å²) >= 11 is 0. The maximum Gasteiger partial charge on any atom is 0.320 e. The quantitative estimate of drug-likeness (QED) is 0.596. The second-order valence-corrected chi connectivity index (χ2v) is 8.42. The van der Waals surface area contributed by atoms with Gasteiger partial charge in [0.25, 0.3) is 0 Å². The van der Waals surface area contributed by atoms with Gasteiger partial charge in [-0.3, -0.25) is 9.36 Å². The summed E-state index contributed by atoms with van der Waals surface area (Å²) in [4.78, 5) is 21.4. The third-order valence-electron chi connectivity index (χ3n) is 6.52. The highest BCUT2D eigenvalue weighted by Crippen LogP contribution is 2.33. The lowest BCUT2D eigenvalue weighted by molar-refractivity contribution is -0.135. The predicted octanol–water partition coefficient (Wildman–Crippen LogP) is 4.94. The van der Waals surface area contributed by atoms with Crippen molar-refractivity contribution in [2.24, 2.45) is 5.92 Å². The molecule has 2 aromatic carbocycles. The van der Waals surface area contributed by atoms with Crippen LogP contribution in [0.2, 0.25) is 0 Å². The summed E-state index contributed by atoms with van der Waals surface area (Å²) in [6, 6.07) is 14.6. The van der Waals surface area contributed by atoms with Crippen LogP contribution in [0.15, 0.2) is 48.5 Å². The Morgan fingerprint density at radius 3 is 2.45 bits per heavy atom. The molecule has 2 saturated heterocycles. The Morgan fingerprint density at radius 1 is 0.968 bits per heavy atom. The number of carbonyl (C=O) groups is 1. The van der Waals surface area contributed by atoms with Crippen molar-refractivity contribution in [1.29, 1.82) is 0 Å². The summed E-state index contributed by atoms with van der Waals surface area (Å²) in [5, 5.41) is 0. The van der Waals surface area contributed by atoms with Crippen LogP contribution in [0.5, 0.6) is 0 Å². The summed E-state index contributed by atoms with van der Waals surface area (Å²) in [7, 11) is 0. The van der Waals surface area contributed by atoms with Crippen LogP contribution in [0.4, 0.5) is 14.5 Å². The number of imidazole rings is 1. The van der Waals surface area contributed by atoms with Crippen molar-refractivity contribution in [3.63, 3.8) is 0 Å². The lowest BCUT2D eigenvalue weighted by Gasteiger charge is -2.34. The molecule has 5 nitrogen and oxygen atoms in total. The van der Waals surface area contributed by atoms with E-state index < -0.39 is 6.55 Å². The van der Waals surface area contributed by atoms with Crippen molar-refractivity contribution < 1.29 is 13.6 Å². The second kappa shape index (κ2) is 8.29. The maximum absolute atomic E-state index is 13.9. The zero-order valence-electron chi connectivity index (χ0n) is 17.4. The van der Waals surface area contributed by atoms with Crippen LogP contribution in [-0.4, -0.2) is 46.5 Å². The number of carbonyl (C=O) groups excluding carboxylic acids is 1. The van der Waals surface area contributed by atoms with Crippen LogP contribution in [-0.2, 0) is 4.79 Å². The van der Waals surface area contributed by atoms with E-state index in [0.29, 0.717) is 22.5 Å². The smallest absolute Gasteiger partial charge is 0.320 e. The van der Waals surface area contributed by atoms with Gasteiger partial charge in [0.05, 0.1) is 11.0 Å². The van der Waals surface area contributed by atoms with Crippen molar-refractivity contribution in [1.82, 2.24) is 14.5 Å². The first kappa shape index (κ1) is 20.0. The Hall–Kier alpha value is -2.96. The molecule has 0 N–H and O–H groups in total. The third kappa shape index (κ3) is 3.77. The fraction of sp³-hybridized carbons (Fsp3) is 0.417. The number of hydrogen-bond donors (Lipinski definition) is 0. The SMILES string of the molecule is O=C(C1CCN(c2cccc(-c3nc4ccccc4n3C(F)F)c2)CC1)N1CCCC1. The van der Waals surface area contributed by atoms with E-state index in [2.05, 4.69) is 9.88 Å². The van der Waals surface area contributed by atoms with Crippen LogP contribution < -0.4 is 4.90 Å². The Balaban J connectivity index is 1.36. The van der Waals surface area contributed by atoms with Gasteiger partial charge < -0.3 is 9.80 Å². The van der Waals surface area contributed by atoms with Gasteiger partial charge in [0.1, 0.15) is 5.82 Å². The lowest BCUT2D eigenvalue weighted by atomic mass is 9.95. The Labute approximate surface area is 180 Å². The zero-order chi connectivity index (χ0) is 21.4. The lowest BCUT2D eigenvalue weighted by Crippen LogP contribution is -2.41. The van der Waals surface area contributed by atoms with E-state index in [1.807, 2.05) is 29.2 Å². The molecule has 3 aromatic rings. The number of aromatic nitrogens is 2. The molecule has 0 saturated carbocycles. The summed E-state index contributed by atoms with van der Waals surface area (Å²) in [5.41, 5.74) is 2.64. The van der Waals surface area contributed by atoms with Crippen molar-refractivity contribution in [3.8, 4) is 11.4 Å². The highest BCUT2D eigenvalue weighted by atomic mass is 19.3. The molecule has 2 aliphatic heterocycles. The van der Waals surface area contributed by atoms with Gasteiger partial charge in [-0.15, -0.1) is 0 Å². The molecule has 1 amide bonds. The van der Waals surface area contributed by atoms with Crippen molar-refractivity contribution in [2.75, 3.05) is 31.1 Å².